The zero-order chi connectivity index (χ0) is 28.9. The fourth-order valence-electron chi connectivity index (χ4n) is 4.72. The van der Waals surface area contributed by atoms with E-state index in [-0.39, 0.29) is 18.4 Å². The first kappa shape index (κ1) is 28.6. The zero-order valence-electron chi connectivity index (χ0n) is 24.0. The monoisotopic (exact) mass is 543 g/mol. The quantitative estimate of drug-likeness (QED) is 0.283. The van der Waals surface area contributed by atoms with Crippen LogP contribution in [0.5, 0.6) is 11.5 Å². The summed E-state index contributed by atoms with van der Waals surface area (Å²) in [5, 5.41) is 11.6. The second kappa shape index (κ2) is 12.2. The number of anilines is 1. The maximum absolute atomic E-state index is 14.4. The van der Waals surface area contributed by atoms with Crippen LogP contribution in [0.4, 0.5) is 5.69 Å². The Morgan fingerprint density at radius 1 is 0.975 bits per heavy atom. The number of hydrogen-bond acceptors (Lipinski definition) is 6. The Hall–Kier alpha value is -4.40. The predicted octanol–water partition coefficient (Wildman–Crippen LogP) is 5.09. The van der Waals surface area contributed by atoms with Crippen LogP contribution in [0.25, 0.3) is 11.0 Å². The molecule has 4 aromatic rings. The Labute approximate surface area is 235 Å². The Morgan fingerprint density at radius 2 is 1.70 bits per heavy atom. The third kappa shape index (κ3) is 5.78. The molecule has 1 heterocycles. The number of amides is 2. The number of methoxy groups -OCH3 is 2. The molecule has 2 amide bonds. The lowest BCUT2D eigenvalue weighted by molar-refractivity contribution is -0.128. The van der Waals surface area contributed by atoms with Crippen LogP contribution in [-0.4, -0.2) is 46.6 Å². The molecule has 4 rings (SSSR count). The SMILES string of the molecule is CCc1ccccc1N(C(=O)Cn1nnc2ccccc21)C(C(=O)NC(C)(C)CC)c1cccc(OC)c1OC. The second-order valence-corrected chi connectivity index (χ2v) is 10.2. The van der Waals surface area contributed by atoms with E-state index in [0.717, 1.165) is 11.1 Å². The maximum Gasteiger partial charge on any atom is 0.249 e. The summed E-state index contributed by atoms with van der Waals surface area (Å²) in [7, 11) is 3.07. The fourth-order valence-corrected chi connectivity index (χ4v) is 4.72. The smallest absolute Gasteiger partial charge is 0.249 e. The van der Waals surface area contributed by atoms with Crippen LogP contribution in [0, 0.1) is 0 Å². The topological polar surface area (TPSA) is 98.6 Å². The van der Waals surface area contributed by atoms with Gasteiger partial charge in [0.15, 0.2) is 11.5 Å². The molecule has 0 bridgehead atoms. The van der Waals surface area contributed by atoms with Gasteiger partial charge in [0.05, 0.1) is 19.7 Å². The minimum Gasteiger partial charge on any atom is -0.493 e. The van der Waals surface area contributed by atoms with Crippen LogP contribution in [0.3, 0.4) is 0 Å². The minimum atomic E-state index is -1.06. The van der Waals surface area contributed by atoms with Gasteiger partial charge in [-0.15, -0.1) is 5.10 Å². The van der Waals surface area contributed by atoms with Gasteiger partial charge in [0.25, 0.3) is 0 Å². The highest BCUT2D eigenvalue weighted by atomic mass is 16.5. The van der Waals surface area contributed by atoms with Gasteiger partial charge in [0.1, 0.15) is 18.1 Å². The number of nitrogens with zero attached hydrogens (tertiary/aromatic N) is 4. The van der Waals surface area contributed by atoms with Crippen molar-refractivity contribution in [1.82, 2.24) is 20.3 Å². The number of rotatable bonds is 11. The molecule has 40 heavy (non-hydrogen) atoms. The molecule has 0 aliphatic rings. The van der Waals surface area contributed by atoms with Crippen LogP contribution in [0.2, 0.25) is 0 Å². The van der Waals surface area contributed by atoms with Crippen molar-refractivity contribution in [2.45, 2.75) is 58.7 Å². The fraction of sp³-hybridized carbons (Fsp3) is 0.355. The van der Waals surface area contributed by atoms with Crippen LogP contribution in [-0.2, 0) is 22.6 Å². The summed E-state index contributed by atoms with van der Waals surface area (Å²) < 4.78 is 12.9. The van der Waals surface area contributed by atoms with E-state index in [1.807, 2.05) is 76.2 Å². The Balaban J connectivity index is 1.94. The molecule has 0 saturated heterocycles. The van der Waals surface area contributed by atoms with Gasteiger partial charge >= 0.3 is 0 Å². The van der Waals surface area contributed by atoms with Gasteiger partial charge < -0.3 is 14.8 Å². The van der Waals surface area contributed by atoms with Crippen molar-refractivity contribution in [2.24, 2.45) is 0 Å². The van der Waals surface area contributed by atoms with Gasteiger partial charge in [-0.3, -0.25) is 14.5 Å². The highest BCUT2D eigenvalue weighted by Gasteiger charge is 2.38. The van der Waals surface area contributed by atoms with E-state index in [9.17, 15) is 9.59 Å². The number of carbonyl (C=O) groups is 2. The highest BCUT2D eigenvalue weighted by Crippen LogP contribution is 2.40. The lowest BCUT2D eigenvalue weighted by atomic mass is 9.96. The number of carbonyl (C=O) groups excluding carboxylic acids is 2. The largest absolute Gasteiger partial charge is 0.493 e. The lowest BCUT2D eigenvalue weighted by Gasteiger charge is -2.36. The van der Waals surface area contributed by atoms with E-state index in [4.69, 9.17) is 9.47 Å². The number of ether oxygens (including phenoxy) is 2. The summed E-state index contributed by atoms with van der Waals surface area (Å²) in [5.41, 5.74) is 2.97. The number of hydrogen-bond donors (Lipinski definition) is 1. The highest BCUT2D eigenvalue weighted by molar-refractivity contribution is 6.02. The number of fused-ring (bicyclic) bond motifs is 1. The van der Waals surface area contributed by atoms with Gasteiger partial charge in [0.2, 0.25) is 11.8 Å². The molecule has 9 nitrogen and oxygen atoms in total. The van der Waals surface area contributed by atoms with Gasteiger partial charge in [-0.2, -0.15) is 0 Å². The average molecular weight is 544 g/mol. The Morgan fingerprint density at radius 3 is 2.40 bits per heavy atom. The molecule has 1 aromatic heterocycles. The van der Waals surface area contributed by atoms with Crippen molar-refractivity contribution < 1.29 is 19.1 Å². The molecular formula is C31H37N5O4. The number of nitrogens with one attached hydrogen (secondary N) is 1. The van der Waals surface area contributed by atoms with E-state index in [1.54, 1.807) is 34.9 Å². The van der Waals surface area contributed by atoms with E-state index in [0.29, 0.717) is 41.1 Å². The number of aromatic nitrogens is 3. The molecule has 9 heteroatoms. The first-order valence-electron chi connectivity index (χ1n) is 13.5. The van der Waals surface area contributed by atoms with Gasteiger partial charge in [-0.1, -0.05) is 61.5 Å². The van der Waals surface area contributed by atoms with E-state index in [2.05, 4.69) is 15.6 Å². The Kier molecular flexibility index (Phi) is 8.72. The van der Waals surface area contributed by atoms with Crippen molar-refractivity contribution >= 4 is 28.5 Å². The Bertz CT molecular complexity index is 1500. The summed E-state index contributed by atoms with van der Waals surface area (Å²) >= 11 is 0. The van der Waals surface area contributed by atoms with Crippen LogP contribution in [0.1, 0.15) is 51.3 Å². The summed E-state index contributed by atoms with van der Waals surface area (Å²) in [5.74, 6) is 0.195. The molecule has 0 spiro atoms. The molecular weight excluding hydrogens is 506 g/mol. The van der Waals surface area contributed by atoms with E-state index >= 15 is 0 Å². The predicted molar refractivity (Wildman–Crippen MR) is 156 cm³/mol. The number of benzene rings is 3. The van der Waals surface area contributed by atoms with Gasteiger partial charge in [-0.25, -0.2) is 4.68 Å². The van der Waals surface area contributed by atoms with Crippen LogP contribution in [0.15, 0.2) is 66.7 Å². The standard InChI is InChI=1S/C31H37N5O4/c1-7-21-14-9-11-17-24(21)36(27(37)20-35-25-18-12-10-16-23(25)33-34-35)28(30(38)32-31(3,4)8-2)22-15-13-19-26(39-5)29(22)40-6/h9-19,28H,7-8,20H2,1-6H3,(H,32,38). The van der Waals surface area contributed by atoms with Crippen molar-refractivity contribution in [3.8, 4) is 11.5 Å². The van der Waals surface area contributed by atoms with Crippen molar-refractivity contribution in [1.29, 1.82) is 0 Å². The lowest BCUT2D eigenvalue weighted by Crippen LogP contribution is -2.51. The molecule has 0 radical (unpaired) electrons. The first-order chi connectivity index (χ1) is 19.2. The molecule has 3 aromatic carbocycles. The molecule has 210 valence electrons. The van der Waals surface area contributed by atoms with Crippen molar-refractivity contribution in [2.75, 3.05) is 19.1 Å². The number of para-hydroxylation sites is 3. The molecule has 0 fully saturated rings. The average Bonchev–Trinajstić information content (AvgIpc) is 3.37. The van der Waals surface area contributed by atoms with Crippen molar-refractivity contribution in [3.05, 3.63) is 77.9 Å². The van der Waals surface area contributed by atoms with Crippen molar-refractivity contribution in [3.63, 3.8) is 0 Å². The van der Waals surface area contributed by atoms with E-state index in [1.165, 1.54) is 7.11 Å². The normalized spacial score (nSPS) is 12.2. The summed E-state index contributed by atoms with van der Waals surface area (Å²) in [6, 6.07) is 19.4. The summed E-state index contributed by atoms with van der Waals surface area (Å²) in [6.07, 6.45) is 1.36. The minimum absolute atomic E-state index is 0.119. The molecule has 1 unspecified atom stereocenters. The summed E-state index contributed by atoms with van der Waals surface area (Å²) in [6.45, 7) is 7.82. The summed E-state index contributed by atoms with van der Waals surface area (Å²) in [4.78, 5) is 30.3. The molecule has 1 atom stereocenters. The van der Waals surface area contributed by atoms with E-state index < -0.39 is 11.6 Å². The molecule has 1 N–H and O–H groups in total. The van der Waals surface area contributed by atoms with Gasteiger partial charge in [0, 0.05) is 16.8 Å². The molecule has 0 aliphatic heterocycles. The second-order valence-electron chi connectivity index (χ2n) is 10.2. The first-order valence-corrected chi connectivity index (χ1v) is 13.5. The number of aryl methyl sites for hydroxylation is 1. The van der Waals surface area contributed by atoms with Crippen LogP contribution >= 0.6 is 0 Å². The maximum atomic E-state index is 14.4. The third-order valence-corrected chi connectivity index (χ3v) is 7.19. The molecule has 0 saturated carbocycles. The zero-order valence-corrected chi connectivity index (χ0v) is 24.0. The third-order valence-electron chi connectivity index (χ3n) is 7.19. The molecule has 0 aliphatic carbocycles. The van der Waals surface area contributed by atoms with Gasteiger partial charge in [-0.05, 0) is 56.5 Å². The van der Waals surface area contributed by atoms with Crippen LogP contribution < -0.4 is 19.7 Å².